The zero-order chi connectivity index (χ0) is 26.4. The Hall–Kier alpha value is -2.87. The molecule has 8 heteroatoms. The van der Waals surface area contributed by atoms with Crippen molar-refractivity contribution >= 4 is 11.9 Å². The van der Waals surface area contributed by atoms with Crippen LogP contribution in [0.15, 0.2) is 28.7 Å². The first kappa shape index (κ1) is 27.2. The molecule has 0 aliphatic heterocycles. The van der Waals surface area contributed by atoms with Crippen LogP contribution in [0.3, 0.4) is 0 Å². The molecule has 202 valence electrons. The van der Waals surface area contributed by atoms with Gasteiger partial charge in [-0.05, 0) is 56.2 Å². The van der Waals surface area contributed by atoms with E-state index in [0.29, 0.717) is 24.8 Å². The summed E-state index contributed by atoms with van der Waals surface area (Å²) in [5, 5.41) is 12.2. The van der Waals surface area contributed by atoms with Crippen LogP contribution in [0.4, 0.5) is 0 Å². The third-order valence-corrected chi connectivity index (χ3v) is 7.70. The number of carbonyl (C=O) groups is 2. The topological polar surface area (TPSA) is 111 Å². The number of amides is 1. The van der Waals surface area contributed by atoms with E-state index < -0.39 is 12.0 Å². The van der Waals surface area contributed by atoms with Crippen molar-refractivity contribution < 1.29 is 28.6 Å². The van der Waals surface area contributed by atoms with Crippen LogP contribution >= 0.6 is 0 Å². The van der Waals surface area contributed by atoms with Gasteiger partial charge in [0.05, 0.1) is 19.8 Å². The third-order valence-electron chi connectivity index (χ3n) is 7.70. The van der Waals surface area contributed by atoms with Gasteiger partial charge in [0, 0.05) is 17.4 Å². The lowest BCUT2D eigenvalue weighted by atomic mass is 9.86. The predicted octanol–water partition coefficient (Wildman–Crippen LogP) is 5.70. The number of nitrogens with zero attached hydrogens (tertiary/aromatic N) is 1. The lowest BCUT2D eigenvalue weighted by Gasteiger charge is -2.30. The van der Waals surface area contributed by atoms with E-state index in [4.69, 9.17) is 18.9 Å². The second-order valence-corrected chi connectivity index (χ2v) is 10.8. The lowest BCUT2D eigenvalue weighted by Crippen LogP contribution is -2.47. The summed E-state index contributed by atoms with van der Waals surface area (Å²) in [5.74, 6) is 0.966. The largest absolute Gasteiger partial charge is 0.497 e. The Morgan fingerprint density at radius 1 is 1.14 bits per heavy atom. The third kappa shape index (κ3) is 6.92. The Morgan fingerprint density at radius 2 is 1.92 bits per heavy atom. The van der Waals surface area contributed by atoms with Gasteiger partial charge in [-0.15, -0.1) is 0 Å². The first-order valence-electron chi connectivity index (χ1n) is 13.6. The highest BCUT2D eigenvalue weighted by Crippen LogP contribution is 2.38. The van der Waals surface area contributed by atoms with Crippen LogP contribution in [0.2, 0.25) is 0 Å². The molecule has 2 N–H and O–H groups in total. The van der Waals surface area contributed by atoms with Gasteiger partial charge < -0.3 is 24.3 Å². The fraction of sp³-hybridized carbons (Fsp3) is 0.621. The zero-order valence-electron chi connectivity index (χ0n) is 22.2. The molecule has 2 aromatic rings. The number of aromatic nitrogens is 1. The fourth-order valence-electron chi connectivity index (χ4n) is 5.55. The second kappa shape index (κ2) is 12.6. The number of nitrogens with one attached hydrogen (secondary N) is 1. The van der Waals surface area contributed by atoms with E-state index in [2.05, 4.69) is 5.32 Å². The number of ether oxygens (including phenoxy) is 2. The molecule has 37 heavy (non-hydrogen) atoms. The van der Waals surface area contributed by atoms with E-state index in [1.165, 1.54) is 19.3 Å². The number of methoxy groups -OCH3 is 1. The number of carboxylic acids is 1. The van der Waals surface area contributed by atoms with Crippen LogP contribution in [0.5, 0.6) is 5.75 Å². The highest BCUT2D eigenvalue weighted by Gasteiger charge is 2.32. The first-order valence-corrected chi connectivity index (χ1v) is 13.6. The molecular formula is C29H40N2O6. The minimum atomic E-state index is -1.000. The van der Waals surface area contributed by atoms with E-state index in [-0.39, 0.29) is 23.8 Å². The summed E-state index contributed by atoms with van der Waals surface area (Å²) in [7, 11) is 1.64. The van der Waals surface area contributed by atoms with Crippen molar-refractivity contribution in [3.63, 3.8) is 0 Å². The van der Waals surface area contributed by atoms with Crippen molar-refractivity contribution in [3.8, 4) is 17.2 Å². The maximum absolute atomic E-state index is 12.8. The smallest absolute Gasteiger partial charge is 0.326 e. The van der Waals surface area contributed by atoms with Crippen molar-refractivity contribution in [2.45, 2.75) is 96.3 Å². The molecule has 0 bridgehead atoms. The quantitative estimate of drug-likeness (QED) is 0.420. The Bertz CT molecular complexity index is 1060. The van der Waals surface area contributed by atoms with Crippen LogP contribution in [0.25, 0.3) is 11.5 Å². The maximum Gasteiger partial charge on any atom is 0.326 e. The molecule has 1 amide bonds. The summed E-state index contributed by atoms with van der Waals surface area (Å²) >= 11 is 0. The van der Waals surface area contributed by atoms with Gasteiger partial charge >= 0.3 is 5.97 Å². The monoisotopic (exact) mass is 512 g/mol. The Morgan fingerprint density at radius 3 is 2.62 bits per heavy atom. The minimum Gasteiger partial charge on any atom is -0.497 e. The molecule has 1 aromatic heterocycles. The summed E-state index contributed by atoms with van der Waals surface area (Å²) in [6, 6.07) is 6.84. The minimum absolute atomic E-state index is 0.0806. The van der Waals surface area contributed by atoms with Gasteiger partial charge in [-0.25, -0.2) is 9.78 Å². The van der Waals surface area contributed by atoms with Gasteiger partial charge in [0.1, 0.15) is 23.2 Å². The average molecular weight is 513 g/mol. The number of oxazole rings is 1. The van der Waals surface area contributed by atoms with Gasteiger partial charge in [0.15, 0.2) is 0 Å². The number of carboxylic acid groups (broad SMARTS) is 1. The number of benzene rings is 1. The molecule has 3 atom stereocenters. The highest BCUT2D eigenvalue weighted by atomic mass is 16.5. The molecule has 4 rings (SSSR count). The molecule has 0 radical (unpaired) electrons. The molecule has 0 saturated heterocycles. The standard InChI is InChI=1S/C29H40N2O6/c1-18(2)25(29(33)34)31-27(32)20-11-7-14-23(15-20)36-17-24-26(19-9-5-4-6-10-19)37-28(30-24)21-12-8-13-22(16-21)35-3/h8,12-13,16,18-20,23,25H,4-7,9-11,14-15,17H2,1-3H3,(H,31,32)(H,33,34)/t20-,23+,25+/m1/s1. The molecule has 8 nitrogen and oxygen atoms in total. The number of hydrogen-bond donors (Lipinski definition) is 2. The van der Waals surface area contributed by atoms with Gasteiger partial charge in [-0.3, -0.25) is 4.79 Å². The molecule has 0 spiro atoms. The molecular weight excluding hydrogens is 472 g/mol. The second-order valence-electron chi connectivity index (χ2n) is 10.8. The summed E-state index contributed by atoms with van der Waals surface area (Å²) in [6.07, 6.45) is 8.79. The van der Waals surface area contributed by atoms with Crippen molar-refractivity contribution in [2.24, 2.45) is 11.8 Å². The first-order chi connectivity index (χ1) is 17.9. The van der Waals surface area contributed by atoms with E-state index in [1.807, 2.05) is 24.3 Å². The van der Waals surface area contributed by atoms with Gasteiger partial charge in [-0.2, -0.15) is 0 Å². The molecule has 2 aliphatic rings. The number of rotatable bonds is 10. The Balaban J connectivity index is 1.45. The van der Waals surface area contributed by atoms with Gasteiger partial charge in [-0.1, -0.05) is 45.6 Å². The van der Waals surface area contributed by atoms with E-state index in [0.717, 1.165) is 54.9 Å². The molecule has 2 saturated carbocycles. The summed E-state index contributed by atoms with van der Waals surface area (Å²) in [6.45, 7) is 3.93. The van der Waals surface area contributed by atoms with E-state index >= 15 is 0 Å². The summed E-state index contributed by atoms with van der Waals surface area (Å²) in [4.78, 5) is 29.2. The van der Waals surface area contributed by atoms with Crippen molar-refractivity contribution in [3.05, 3.63) is 35.7 Å². The Kier molecular flexibility index (Phi) is 9.24. The molecule has 2 aliphatic carbocycles. The van der Waals surface area contributed by atoms with Crippen LogP contribution in [0, 0.1) is 11.8 Å². The number of aliphatic carboxylic acids is 1. The number of carbonyl (C=O) groups excluding carboxylic acids is 1. The van der Waals surface area contributed by atoms with Crippen molar-refractivity contribution in [2.75, 3.05) is 7.11 Å². The summed E-state index contributed by atoms with van der Waals surface area (Å²) < 4.78 is 18.1. The molecule has 1 heterocycles. The van der Waals surface area contributed by atoms with Gasteiger partial charge in [0.25, 0.3) is 0 Å². The van der Waals surface area contributed by atoms with Crippen molar-refractivity contribution in [1.29, 1.82) is 0 Å². The Labute approximate surface area is 219 Å². The summed E-state index contributed by atoms with van der Waals surface area (Å²) in [5.41, 5.74) is 1.71. The normalized spacial score (nSPS) is 21.5. The molecule has 1 aromatic carbocycles. The van der Waals surface area contributed by atoms with Gasteiger partial charge in [0.2, 0.25) is 11.8 Å². The van der Waals surface area contributed by atoms with Crippen LogP contribution in [-0.4, -0.2) is 41.2 Å². The molecule has 0 unspecified atom stereocenters. The van der Waals surface area contributed by atoms with Crippen LogP contribution in [-0.2, 0) is 20.9 Å². The predicted molar refractivity (Wildman–Crippen MR) is 139 cm³/mol. The van der Waals surface area contributed by atoms with Crippen LogP contribution < -0.4 is 10.1 Å². The van der Waals surface area contributed by atoms with E-state index in [9.17, 15) is 14.7 Å². The fourth-order valence-corrected chi connectivity index (χ4v) is 5.55. The van der Waals surface area contributed by atoms with E-state index in [1.54, 1.807) is 21.0 Å². The molecule has 2 fully saturated rings. The van der Waals surface area contributed by atoms with Crippen LogP contribution in [0.1, 0.15) is 89.0 Å². The maximum atomic E-state index is 12.8. The average Bonchev–Trinajstić information content (AvgIpc) is 3.35. The lowest BCUT2D eigenvalue weighted by molar-refractivity contribution is -0.144. The zero-order valence-corrected chi connectivity index (χ0v) is 22.2. The highest BCUT2D eigenvalue weighted by molar-refractivity contribution is 5.85. The van der Waals surface area contributed by atoms with Crippen molar-refractivity contribution in [1.82, 2.24) is 10.3 Å². The SMILES string of the molecule is COc1cccc(-c2nc(CO[C@H]3CCC[C@@H](C(=O)N[C@H](C(=O)O)C(C)C)C3)c(C3CCCCC3)o2)c1. The number of hydrogen-bond acceptors (Lipinski definition) is 6.